The topological polar surface area (TPSA) is 123 Å². The van der Waals surface area contributed by atoms with Gasteiger partial charge in [0.15, 0.2) is 6.61 Å². The van der Waals surface area contributed by atoms with E-state index in [0.29, 0.717) is 28.4 Å². The molecule has 0 bridgehead atoms. The molecular weight excluding hydrogens is 540 g/mol. The number of nitrogens with zero attached hydrogens (tertiary/aromatic N) is 2. The lowest BCUT2D eigenvalue weighted by atomic mass is 10.2. The minimum absolute atomic E-state index is 0.00782. The van der Waals surface area contributed by atoms with Crippen LogP contribution in [0.15, 0.2) is 52.1 Å². The van der Waals surface area contributed by atoms with Crippen molar-refractivity contribution in [1.82, 2.24) is 19.9 Å². The first-order chi connectivity index (χ1) is 18.1. The zero-order chi connectivity index (χ0) is 27.8. The summed E-state index contributed by atoms with van der Waals surface area (Å²) in [5.41, 5.74) is 2.34. The first kappa shape index (κ1) is 28.7. The molecule has 2 aromatic carbocycles. The van der Waals surface area contributed by atoms with E-state index < -0.39 is 23.0 Å². The Hall–Kier alpha value is -3.83. The van der Waals surface area contributed by atoms with Crippen LogP contribution < -0.4 is 32.0 Å². The summed E-state index contributed by atoms with van der Waals surface area (Å²) in [5.74, 6) is -0.976. The predicted molar refractivity (Wildman–Crippen MR) is 142 cm³/mol. The van der Waals surface area contributed by atoms with Gasteiger partial charge in [-0.05, 0) is 55.8 Å². The fraction of sp³-hybridized carbons (Fsp3) is 0.280. The molecule has 0 spiro atoms. The number of carbonyl (C=O) groups excluding carboxylic acids is 2. The third-order valence-electron chi connectivity index (χ3n) is 5.37. The molecule has 0 saturated heterocycles. The molecule has 3 aromatic rings. The molecule has 0 aliphatic rings. The summed E-state index contributed by atoms with van der Waals surface area (Å²) in [6.45, 7) is 3.09. The lowest BCUT2D eigenvalue weighted by Crippen LogP contribution is -2.46. The van der Waals surface area contributed by atoms with Gasteiger partial charge in [0.25, 0.3) is 11.5 Å². The largest absolute Gasteiger partial charge is 0.483 e. The lowest BCUT2D eigenvalue weighted by molar-refractivity contribution is -0.123. The second-order valence-corrected chi connectivity index (χ2v) is 9.01. The Labute approximate surface area is 227 Å². The summed E-state index contributed by atoms with van der Waals surface area (Å²) in [7, 11) is 0. The second-order valence-electron chi connectivity index (χ2n) is 8.17. The zero-order valence-corrected chi connectivity index (χ0v) is 22.2. The van der Waals surface area contributed by atoms with Crippen LogP contribution in [0.2, 0.25) is 10.0 Å². The molecule has 0 fully saturated rings. The Morgan fingerprint density at radius 1 is 0.974 bits per heavy atom. The Morgan fingerprint density at radius 2 is 1.74 bits per heavy atom. The van der Waals surface area contributed by atoms with Crippen LogP contribution in [0, 0.1) is 12.7 Å². The molecule has 38 heavy (non-hydrogen) atoms. The fourth-order valence-electron chi connectivity index (χ4n) is 3.48. The van der Waals surface area contributed by atoms with E-state index in [9.17, 15) is 23.6 Å². The highest BCUT2D eigenvalue weighted by molar-refractivity contribution is 6.31. The van der Waals surface area contributed by atoms with E-state index in [1.165, 1.54) is 31.2 Å². The van der Waals surface area contributed by atoms with Gasteiger partial charge in [-0.3, -0.25) is 19.0 Å². The van der Waals surface area contributed by atoms with Gasteiger partial charge in [-0.15, -0.1) is 0 Å². The van der Waals surface area contributed by atoms with Gasteiger partial charge < -0.3 is 20.8 Å². The van der Waals surface area contributed by atoms with Gasteiger partial charge in [-0.25, -0.2) is 9.18 Å². The fourth-order valence-corrected chi connectivity index (χ4v) is 3.86. The smallest absolute Gasteiger partial charge is 0.350 e. The highest BCUT2D eigenvalue weighted by Crippen LogP contribution is 2.23. The van der Waals surface area contributed by atoms with Crippen molar-refractivity contribution < 1.29 is 18.7 Å². The highest BCUT2D eigenvalue weighted by atomic mass is 35.5. The maximum Gasteiger partial charge on any atom is 0.350 e. The van der Waals surface area contributed by atoms with E-state index in [2.05, 4.69) is 16.1 Å². The summed E-state index contributed by atoms with van der Waals surface area (Å²) in [6, 6.07) is 9.71. The molecule has 0 radical (unpaired) electrons. The normalized spacial score (nSPS) is 10.7. The molecule has 0 saturated carbocycles. The number of likely N-dealkylation sites (N-methyl/N-ethyl adjacent to an activating group) is 1. The molecule has 202 valence electrons. The van der Waals surface area contributed by atoms with Crippen LogP contribution in [0.25, 0.3) is 0 Å². The molecule has 0 unspecified atom stereocenters. The van der Waals surface area contributed by atoms with Gasteiger partial charge in [0.2, 0.25) is 5.91 Å². The van der Waals surface area contributed by atoms with Gasteiger partial charge in [0.05, 0.1) is 6.54 Å². The average Bonchev–Trinajstić information content (AvgIpc) is 2.86. The third kappa shape index (κ3) is 7.59. The highest BCUT2D eigenvalue weighted by Gasteiger charge is 2.14. The number of hydrogen-bond donors (Lipinski definition) is 3. The first-order valence-corrected chi connectivity index (χ1v) is 12.3. The van der Waals surface area contributed by atoms with Crippen molar-refractivity contribution in [2.45, 2.75) is 33.5 Å². The van der Waals surface area contributed by atoms with E-state index in [1.54, 1.807) is 25.1 Å². The van der Waals surface area contributed by atoms with Crippen molar-refractivity contribution in [2.24, 2.45) is 0 Å². The molecule has 1 aromatic heterocycles. The van der Waals surface area contributed by atoms with Crippen molar-refractivity contribution in [2.75, 3.05) is 18.6 Å². The minimum atomic E-state index is -0.786. The van der Waals surface area contributed by atoms with Gasteiger partial charge in [0, 0.05) is 40.5 Å². The minimum Gasteiger partial charge on any atom is -0.483 e. The number of aromatic nitrogens is 2. The summed E-state index contributed by atoms with van der Waals surface area (Å²) in [6.07, 6.45) is 0. The summed E-state index contributed by atoms with van der Waals surface area (Å²) in [5, 5.41) is 5.97. The van der Waals surface area contributed by atoms with Crippen LogP contribution in [-0.2, 0) is 29.2 Å². The predicted octanol–water partition coefficient (Wildman–Crippen LogP) is 2.34. The number of amides is 2. The molecule has 3 N–H and O–H groups in total. The molecule has 2 amide bonds. The summed E-state index contributed by atoms with van der Waals surface area (Å²) < 4.78 is 20.9. The van der Waals surface area contributed by atoms with Crippen LogP contribution in [-0.4, -0.2) is 34.2 Å². The van der Waals surface area contributed by atoms with Gasteiger partial charge in [0.1, 0.15) is 18.1 Å². The first-order valence-electron chi connectivity index (χ1n) is 11.5. The quantitative estimate of drug-likeness (QED) is 0.328. The Morgan fingerprint density at radius 3 is 2.47 bits per heavy atom. The number of carbonyl (C=O) groups is 2. The molecule has 3 rings (SSSR count). The number of nitrogens with one attached hydrogen (secondary N) is 3. The van der Waals surface area contributed by atoms with Crippen LogP contribution in [0.4, 0.5) is 4.39 Å². The number of halogens is 3. The number of hydrogen-bond acceptors (Lipinski definition) is 6. The monoisotopic (exact) mass is 565 g/mol. The summed E-state index contributed by atoms with van der Waals surface area (Å²) >= 11 is 12.1. The molecular formula is C25H26Cl2FN5O5. The molecule has 1 heterocycles. The van der Waals surface area contributed by atoms with E-state index in [1.807, 2.05) is 0 Å². The van der Waals surface area contributed by atoms with Crippen LogP contribution in [0.1, 0.15) is 23.7 Å². The number of aryl methyl sites for hydroxylation is 1. The van der Waals surface area contributed by atoms with Crippen molar-refractivity contribution in [3.05, 3.63) is 96.0 Å². The SMILES string of the molecule is CCNC(=O)COc1ccc(Cl)cc1CNC(=O)Cn1c(C)cc(=O)n(NCc2cc(F)ccc2Cl)c1=O. The van der Waals surface area contributed by atoms with E-state index in [0.717, 1.165) is 9.24 Å². The van der Waals surface area contributed by atoms with Crippen molar-refractivity contribution in [1.29, 1.82) is 0 Å². The Bertz CT molecular complexity index is 1460. The third-order valence-corrected chi connectivity index (χ3v) is 5.97. The van der Waals surface area contributed by atoms with Gasteiger partial charge in [-0.1, -0.05) is 23.2 Å². The van der Waals surface area contributed by atoms with Crippen LogP contribution in [0.3, 0.4) is 0 Å². The molecule has 0 atom stereocenters. The van der Waals surface area contributed by atoms with Crippen LogP contribution in [0.5, 0.6) is 5.75 Å². The number of rotatable bonds is 11. The molecule has 0 aliphatic carbocycles. The van der Waals surface area contributed by atoms with Crippen molar-refractivity contribution in [3.63, 3.8) is 0 Å². The Kier molecular flexibility index (Phi) is 9.91. The second kappa shape index (κ2) is 13.1. The van der Waals surface area contributed by atoms with Crippen molar-refractivity contribution >= 4 is 35.0 Å². The zero-order valence-electron chi connectivity index (χ0n) is 20.6. The van der Waals surface area contributed by atoms with Gasteiger partial charge >= 0.3 is 5.69 Å². The standard InChI is InChI=1S/C25H26Cl2FN5O5/c1-3-29-23(35)14-38-21-7-4-18(26)9-17(21)11-30-22(34)13-32-15(2)8-24(36)33(25(32)37)31-12-16-10-19(28)5-6-20(16)27/h4-10,31H,3,11-14H2,1-2H3,(H,29,35)(H,30,34). The van der Waals surface area contributed by atoms with Gasteiger partial charge in [-0.2, -0.15) is 4.68 Å². The van der Waals surface area contributed by atoms with Crippen molar-refractivity contribution in [3.8, 4) is 5.75 Å². The Balaban J connectivity index is 1.71. The molecule has 0 aliphatic heterocycles. The van der Waals surface area contributed by atoms with Crippen LogP contribution >= 0.6 is 23.2 Å². The molecule has 10 nitrogen and oxygen atoms in total. The van der Waals surface area contributed by atoms with E-state index in [4.69, 9.17) is 27.9 Å². The molecule has 13 heteroatoms. The maximum absolute atomic E-state index is 13.5. The lowest BCUT2D eigenvalue weighted by Gasteiger charge is -2.16. The average molecular weight is 566 g/mol. The van der Waals surface area contributed by atoms with E-state index in [-0.39, 0.29) is 42.9 Å². The van der Waals surface area contributed by atoms with E-state index >= 15 is 0 Å². The number of ether oxygens (including phenoxy) is 1. The number of benzene rings is 2. The maximum atomic E-state index is 13.5. The summed E-state index contributed by atoms with van der Waals surface area (Å²) in [4.78, 5) is 49.9.